The topological polar surface area (TPSA) is 44.1 Å². The Hall–Kier alpha value is -2.17. The number of hydrogen-bond donors (Lipinski definition) is 0. The SMILES string of the molecule is COc1c(C=O)c(F)cc2c1CCC2n1cccn1. The van der Waals surface area contributed by atoms with Crippen LogP contribution in [-0.4, -0.2) is 23.2 Å². The molecule has 0 aliphatic heterocycles. The molecule has 1 heterocycles. The minimum atomic E-state index is -0.537. The first-order chi connectivity index (χ1) is 9.26. The second-order valence-electron chi connectivity index (χ2n) is 4.53. The van der Waals surface area contributed by atoms with E-state index in [0.717, 1.165) is 24.0 Å². The third kappa shape index (κ3) is 1.73. The molecule has 1 aromatic heterocycles. The first-order valence-electron chi connectivity index (χ1n) is 6.09. The number of methoxy groups -OCH3 is 1. The Morgan fingerprint density at radius 2 is 2.42 bits per heavy atom. The van der Waals surface area contributed by atoms with E-state index in [4.69, 9.17) is 4.74 Å². The number of aldehydes is 1. The Morgan fingerprint density at radius 1 is 1.58 bits per heavy atom. The Balaban J connectivity index is 2.17. The minimum Gasteiger partial charge on any atom is -0.496 e. The van der Waals surface area contributed by atoms with E-state index in [9.17, 15) is 9.18 Å². The van der Waals surface area contributed by atoms with Crippen molar-refractivity contribution in [1.29, 1.82) is 0 Å². The molecule has 0 N–H and O–H groups in total. The van der Waals surface area contributed by atoms with E-state index in [2.05, 4.69) is 5.10 Å². The number of hydrogen-bond acceptors (Lipinski definition) is 3. The summed E-state index contributed by atoms with van der Waals surface area (Å²) in [7, 11) is 1.46. The average Bonchev–Trinajstić information content (AvgIpc) is 3.04. The van der Waals surface area contributed by atoms with Gasteiger partial charge in [0.2, 0.25) is 0 Å². The highest BCUT2D eigenvalue weighted by Crippen LogP contribution is 2.41. The summed E-state index contributed by atoms with van der Waals surface area (Å²) in [5.41, 5.74) is 1.76. The monoisotopic (exact) mass is 260 g/mol. The largest absolute Gasteiger partial charge is 0.496 e. The highest BCUT2D eigenvalue weighted by atomic mass is 19.1. The highest BCUT2D eigenvalue weighted by molar-refractivity contribution is 5.81. The molecule has 1 atom stereocenters. The van der Waals surface area contributed by atoms with Crippen molar-refractivity contribution in [2.45, 2.75) is 18.9 Å². The van der Waals surface area contributed by atoms with Crippen LogP contribution < -0.4 is 4.74 Å². The number of aromatic nitrogens is 2. The lowest BCUT2D eigenvalue weighted by Gasteiger charge is -2.15. The van der Waals surface area contributed by atoms with Crippen molar-refractivity contribution in [3.05, 3.63) is 47.0 Å². The van der Waals surface area contributed by atoms with Gasteiger partial charge in [-0.05, 0) is 30.5 Å². The summed E-state index contributed by atoms with van der Waals surface area (Å²) in [5.74, 6) is -0.177. The fourth-order valence-electron chi connectivity index (χ4n) is 2.78. The quantitative estimate of drug-likeness (QED) is 0.796. The van der Waals surface area contributed by atoms with E-state index in [-0.39, 0.29) is 11.6 Å². The molecule has 1 aliphatic carbocycles. The van der Waals surface area contributed by atoms with Crippen LogP contribution >= 0.6 is 0 Å². The summed E-state index contributed by atoms with van der Waals surface area (Å²) < 4.78 is 21.0. The van der Waals surface area contributed by atoms with Crippen molar-refractivity contribution in [3.63, 3.8) is 0 Å². The summed E-state index contributed by atoms with van der Waals surface area (Å²) in [5, 5.41) is 4.21. The molecule has 0 amide bonds. The maximum Gasteiger partial charge on any atom is 0.156 e. The van der Waals surface area contributed by atoms with Gasteiger partial charge in [0.15, 0.2) is 6.29 Å². The summed E-state index contributed by atoms with van der Waals surface area (Å²) in [6.45, 7) is 0. The molecule has 0 saturated carbocycles. The molecule has 4 nitrogen and oxygen atoms in total. The molecule has 3 rings (SSSR count). The van der Waals surface area contributed by atoms with Crippen molar-refractivity contribution < 1.29 is 13.9 Å². The van der Waals surface area contributed by atoms with Crippen LogP contribution in [0.15, 0.2) is 24.5 Å². The Morgan fingerprint density at radius 3 is 3.05 bits per heavy atom. The zero-order valence-electron chi connectivity index (χ0n) is 10.5. The average molecular weight is 260 g/mol. The van der Waals surface area contributed by atoms with E-state index < -0.39 is 5.82 Å². The number of halogens is 1. The lowest BCUT2D eigenvalue weighted by molar-refractivity contribution is 0.111. The second kappa shape index (κ2) is 4.50. The highest BCUT2D eigenvalue weighted by Gasteiger charge is 2.30. The van der Waals surface area contributed by atoms with Gasteiger partial charge >= 0.3 is 0 Å². The molecule has 5 heteroatoms. The fourth-order valence-corrected chi connectivity index (χ4v) is 2.78. The molecule has 0 radical (unpaired) electrons. The molecule has 0 spiro atoms. The van der Waals surface area contributed by atoms with Gasteiger partial charge in [-0.2, -0.15) is 5.10 Å². The van der Waals surface area contributed by atoms with E-state index >= 15 is 0 Å². The predicted molar refractivity (Wildman–Crippen MR) is 67.0 cm³/mol. The Kier molecular flexibility index (Phi) is 2.81. The summed E-state index contributed by atoms with van der Waals surface area (Å²) in [4.78, 5) is 11.0. The number of carbonyl (C=O) groups excluding carboxylic acids is 1. The molecule has 2 aromatic rings. The standard InChI is InChI=1S/C14H13FN2O2/c1-19-14-9-3-4-13(17-6-2-5-16-17)10(9)7-12(15)11(14)8-18/h2,5-8,13H,3-4H2,1H3. The number of ether oxygens (including phenoxy) is 1. The third-order valence-corrected chi connectivity index (χ3v) is 3.60. The van der Waals surface area contributed by atoms with Crippen molar-refractivity contribution in [2.24, 2.45) is 0 Å². The predicted octanol–water partition coefficient (Wildman–Crippen LogP) is 2.38. The second-order valence-corrected chi connectivity index (χ2v) is 4.53. The van der Waals surface area contributed by atoms with Gasteiger partial charge < -0.3 is 4.74 Å². The van der Waals surface area contributed by atoms with Crippen molar-refractivity contribution in [2.75, 3.05) is 7.11 Å². The van der Waals surface area contributed by atoms with E-state index in [1.165, 1.54) is 13.2 Å². The molecule has 98 valence electrons. The Labute approximate surface area is 109 Å². The fraction of sp³-hybridized carbons (Fsp3) is 0.286. The number of fused-ring (bicyclic) bond motifs is 1. The van der Waals surface area contributed by atoms with Crippen LogP contribution in [0.4, 0.5) is 4.39 Å². The molecule has 0 bridgehead atoms. The number of nitrogens with zero attached hydrogens (tertiary/aromatic N) is 2. The molecule has 0 fully saturated rings. The zero-order chi connectivity index (χ0) is 13.4. The minimum absolute atomic E-state index is 0.00219. The number of rotatable bonds is 3. The van der Waals surface area contributed by atoms with Crippen molar-refractivity contribution >= 4 is 6.29 Å². The van der Waals surface area contributed by atoms with E-state index in [1.807, 2.05) is 16.9 Å². The summed E-state index contributed by atoms with van der Waals surface area (Å²) >= 11 is 0. The van der Waals surface area contributed by atoms with Crippen LogP contribution in [0.3, 0.4) is 0 Å². The smallest absolute Gasteiger partial charge is 0.156 e. The van der Waals surface area contributed by atoms with Gasteiger partial charge in [0.05, 0.1) is 18.7 Å². The molecule has 1 aliphatic rings. The van der Waals surface area contributed by atoms with E-state index in [0.29, 0.717) is 12.0 Å². The van der Waals surface area contributed by atoms with Crippen LogP contribution in [0.1, 0.15) is 33.9 Å². The van der Waals surface area contributed by atoms with E-state index in [1.54, 1.807) is 6.20 Å². The number of benzene rings is 1. The summed E-state index contributed by atoms with van der Waals surface area (Å²) in [6, 6.07) is 3.28. The lowest BCUT2D eigenvalue weighted by Crippen LogP contribution is -2.09. The van der Waals surface area contributed by atoms with Crippen LogP contribution in [0, 0.1) is 5.82 Å². The van der Waals surface area contributed by atoms with Gasteiger partial charge in [0, 0.05) is 18.0 Å². The molecule has 0 saturated heterocycles. The first-order valence-corrected chi connectivity index (χ1v) is 6.09. The maximum absolute atomic E-state index is 14.0. The van der Waals surface area contributed by atoms with Crippen LogP contribution in [0.5, 0.6) is 5.75 Å². The number of carbonyl (C=O) groups is 1. The van der Waals surface area contributed by atoms with Gasteiger partial charge in [-0.3, -0.25) is 9.48 Å². The van der Waals surface area contributed by atoms with Gasteiger partial charge in [0.1, 0.15) is 11.6 Å². The molecule has 19 heavy (non-hydrogen) atoms. The molecule has 1 unspecified atom stereocenters. The molecular formula is C14H13FN2O2. The summed E-state index contributed by atoms with van der Waals surface area (Å²) in [6.07, 6.45) is 5.65. The van der Waals surface area contributed by atoms with Crippen molar-refractivity contribution in [3.8, 4) is 5.75 Å². The van der Waals surface area contributed by atoms with Crippen molar-refractivity contribution in [1.82, 2.24) is 9.78 Å². The maximum atomic E-state index is 14.0. The molecular weight excluding hydrogens is 247 g/mol. The van der Waals surface area contributed by atoms with Crippen LogP contribution in [0.25, 0.3) is 0 Å². The molecule has 1 aromatic carbocycles. The Bertz CT molecular complexity index is 623. The third-order valence-electron chi connectivity index (χ3n) is 3.60. The van der Waals surface area contributed by atoms with Gasteiger partial charge in [-0.25, -0.2) is 4.39 Å². The van der Waals surface area contributed by atoms with Gasteiger partial charge in [-0.15, -0.1) is 0 Å². The lowest BCUT2D eigenvalue weighted by atomic mass is 10.0. The van der Waals surface area contributed by atoms with Gasteiger partial charge in [-0.1, -0.05) is 0 Å². The van der Waals surface area contributed by atoms with Crippen LogP contribution in [0.2, 0.25) is 0 Å². The zero-order valence-corrected chi connectivity index (χ0v) is 10.5. The van der Waals surface area contributed by atoms with Gasteiger partial charge in [0.25, 0.3) is 0 Å². The van der Waals surface area contributed by atoms with Crippen LogP contribution in [-0.2, 0) is 6.42 Å². The normalized spacial score (nSPS) is 17.3. The first kappa shape index (κ1) is 11.9.